The van der Waals surface area contributed by atoms with Crippen LogP contribution in [0.15, 0.2) is 22.6 Å². The Hall–Kier alpha value is -2.67. The second-order valence-electron chi connectivity index (χ2n) is 8.37. The number of nitrogens with zero attached hydrogens (tertiary/aromatic N) is 2. The predicted octanol–water partition coefficient (Wildman–Crippen LogP) is 3.09. The van der Waals surface area contributed by atoms with E-state index in [1.54, 1.807) is 6.92 Å². The van der Waals surface area contributed by atoms with Gasteiger partial charge in [0, 0.05) is 25.2 Å². The lowest BCUT2D eigenvalue weighted by atomic mass is 10.1. The van der Waals surface area contributed by atoms with Crippen molar-refractivity contribution < 1.29 is 37.4 Å². The number of carboxylic acids is 1. The van der Waals surface area contributed by atoms with Gasteiger partial charge >= 0.3 is 12.6 Å². The number of hydrogen-bond acceptors (Lipinski definition) is 8. The first-order valence-electron chi connectivity index (χ1n) is 11.0. The second kappa shape index (κ2) is 12.5. The molecule has 1 aliphatic carbocycles. The molecule has 1 amide bonds. The Kier molecular flexibility index (Phi) is 10.3. The van der Waals surface area contributed by atoms with Crippen molar-refractivity contribution in [2.45, 2.75) is 38.5 Å². The average molecular weight is 553 g/mol. The fraction of sp³-hybridized carbons (Fsp3) is 0.500. The zero-order valence-corrected chi connectivity index (χ0v) is 20.9. The van der Waals surface area contributed by atoms with Crippen molar-refractivity contribution in [2.24, 2.45) is 11.7 Å². The molecule has 10 nitrogen and oxygen atoms in total. The van der Waals surface area contributed by atoms with E-state index in [0.717, 1.165) is 12.8 Å². The Morgan fingerprint density at radius 3 is 2.64 bits per heavy atom. The molecule has 0 spiro atoms. The highest BCUT2D eigenvalue weighted by Crippen LogP contribution is 2.37. The van der Waals surface area contributed by atoms with Gasteiger partial charge in [-0.05, 0) is 43.9 Å². The number of hydrogen-bond donors (Lipinski definition) is 3. The van der Waals surface area contributed by atoms with Crippen LogP contribution in [0.2, 0.25) is 0 Å². The van der Waals surface area contributed by atoms with Crippen LogP contribution in [-0.4, -0.2) is 65.8 Å². The van der Waals surface area contributed by atoms with Crippen LogP contribution < -0.4 is 20.5 Å². The number of aliphatic carboxylic acids is 1. The molecule has 2 aromatic rings. The number of piperazine rings is 1. The monoisotopic (exact) mass is 552 g/mol. The number of alkyl halides is 2. The summed E-state index contributed by atoms with van der Waals surface area (Å²) in [6.07, 6.45) is 2.02. The molecule has 2 aliphatic rings. The maximum absolute atomic E-state index is 13.2. The molecule has 1 unspecified atom stereocenters. The Labute approximate surface area is 218 Å². The van der Waals surface area contributed by atoms with Crippen molar-refractivity contribution >= 4 is 36.7 Å². The number of rotatable bonds is 9. The first kappa shape index (κ1) is 29.6. The first-order valence-corrected chi connectivity index (χ1v) is 11.0. The van der Waals surface area contributed by atoms with E-state index in [1.165, 1.54) is 23.1 Å². The Morgan fingerprint density at radius 1 is 1.31 bits per heavy atom. The van der Waals surface area contributed by atoms with Gasteiger partial charge in [-0.15, -0.1) is 24.8 Å². The van der Waals surface area contributed by atoms with Gasteiger partial charge in [0.15, 0.2) is 23.0 Å². The van der Waals surface area contributed by atoms with E-state index in [-0.39, 0.29) is 66.7 Å². The number of nitrogens with two attached hydrogens (primary N) is 1. The van der Waals surface area contributed by atoms with Crippen LogP contribution in [0.3, 0.4) is 0 Å². The molecule has 4 N–H and O–H groups in total. The third kappa shape index (κ3) is 6.75. The van der Waals surface area contributed by atoms with Crippen LogP contribution in [-0.2, 0) is 4.79 Å². The van der Waals surface area contributed by atoms with Gasteiger partial charge in [0.1, 0.15) is 6.04 Å². The molecule has 2 atom stereocenters. The van der Waals surface area contributed by atoms with Gasteiger partial charge < -0.3 is 34.9 Å². The summed E-state index contributed by atoms with van der Waals surface area (Å²) in [5, 5.41) is 12.4. The summed E-state index contributed by atoms with van der Waals surface area (Å²) in [4.78, 5) is 30.4. The van der Waals surface area contributed by atoms with E-state index in [9.17, 15) is 23.5 Å². The molecule has 1 aliphatic heterocycles. The molecule has 2 heterocycles. The van der Waals surface area contributed by atoms with Gasteiger partial charge in [-0.25, -0.2) is 9.78 Å². The Morgan fingerprint density at radius 2 is 2.03 bits per heavy atom. The summed E-state index contributed by atoms with van der Waals surface area (Å²) >= 11 is 0. The quantitative estimate of drug-likeness (QED) is 0.427. The van der Waals surface area contributed by atoms with Crippen LogP contribution in [0.1, 0.15) is 42.1 Å². The number of carbonyl (C=O) groups excluding carboxylic acids is 1. The number of halogens is 4. The van der Waals surface area contributed by atoms with E-state index in [0.29, 0.717) is 24.6 Å². The third-order valence-electron chi connectivity index (χ3n) is 5.64. The maximum atomic E-state index is 13.2. The van der Waals surface area contributed by atoms with Gasteiger partial charge in [0.05, 0.1) is 12.6 Å². The number of carboxylic acid groups (broad SMARTS) is 1. The van der Waals surface area contributed by atoms with Gasteiger partial charge in [-0.3, -0.25) is 4.79 Å². The minimum Gasteiger partial charge on any atom is -0.489 e. The minimum absolute atomic E-state index is 0. The molecule has 4 rings (SSSR count). The van der Waals surface area contributed by atoms with Gasteiger partial charge in [-0.2, -0.15) is 8.78 Å². The number of oxazole rings is 1. The molecule has 200 valence electrons. The van der Waals surface area contributed by atoms with Gasteiger partial charge in [0.25, 0.3) is 5.91 Å². The van der Waals surface area contributed by atoms with Gasteiger partial charge in [-0.1, -0.05) is 0 Å². The molecule has 1 saturated carbocycles. The number of benzene rings is 1. The molecule has 0 bridgehead atoms. The molecule has 1 aromatic carbocycles. The molecular weight excluding hydrogens is 525 g/mol. The van der Waals surface area contributed by atoms with Crippen molar-refractivity contribution in [2.75, 3.05) is 26.2 Å². The molecular formula is C22H28Cl2F2N4O6. The number of carbonyl (C=O) groups is 2. The fourth-order valence-electron chi connectivity index (χ4n) is 3.66. The highest BCUT2D eigenvalue weighted by atomic mass is 35.5. The van der Waals surface area contributed by atoms with E-state index < -0.39 is 30.6 Å². The Balaban J connectivity index is 0.00000228. The summed E-state index contributed by atoms with van der Waals surface area (Å²) < 4.78 is 41.7. The summed E-state index contributed by atoms with van der Waals surface area (Å²) in [7, 11) is 0. The standard InChI is InChI=1S/C22H26F2N4O6.2ClH/c1-11(25)18-17(20(29)28-7-6-26-9-14(28)21(30)31)27-19(34-18)13-4-5-15(33-22(23)24)16(8-13)32-10-12-2-3-12;;/h4-5,8,11-12,14,22,26H,2-3,6-7,9-10,25H2,1H3,(H,30,31);2*1H/t11-,14?;;/m0../s1. The van der Waals surface area contributed by atoms with Crippen molar-refractivity contribution in [3.05, 3.63) is 29.7 Å². The highest BCUT2D eigenvalue weighted by molar-refractivity contribution is 5.96. The predicted molar refractivity (Wildman–Crippen MR) is 129 cm³/mol. The van der Waals surface area contributed by atoms with Crippen LogP contribution in [0, 0.1) is 5.92 Å². The third-order valence-corrected chi connectivity index (χ3v) is 5.64. The molecule has 36 heavy (non-hydrogen) atoms. The van der Waals surface area contributed by atoms with Crippen molar-refractivity contribution in [1.29, 1.82) is 0 Å². The van der Waals surface area contributed by atoms with Crippen LogP contribution in [0.4, 0.5) is 8.78 Å². The van der Waals surface area contributed by atoms with Crippen molar-refractivity contribution in [1.82, 2.24) is 15.2 Å². The number of amides is 1. The number of ether oxygens (including phenoxy) is 2. The normalized spacial score (nSPS) is 18.1. The Bertz CT molecular complexity index is 1070. The van der Waals surface area contributed by atoms with Crippen molar-refractivity contribution in [3.63, 3.8) is 0 Å². The van der Waals surface area contributed by atoms with E-state index >= 15 is 0 Å². The van der Waals surface area contributed by atoms with Crippen LogP contribution in [0.5, 0.6) is 11.5 Å². The van der Waals surface area contributed by atoms with Crippen LogP contribution in [0.25, 0.3) is 11.5 Å². The fourth-order valence-corrected chi connectivity index (χ4v) is 3.66. The minimum atomic E-state index is -3.02. The lowest BCUT2D eigenvalue weighted by molar-refractivity contribution is -0.142. The molecule has 2 fully saturated rings. The zero-order chi connectivity index (χ0) is 24.4. The van der Waals surface area contributed by atoms with Crippen molar-refractivity contribution in [3.8, 4) is 23.0 Å². The lowest BCUT2D eigenvalue weighted by Crippen LogP contribution is -2.57. The number of aromatic nitrogens is 1. The van der Waals surface area contributed by atoms with Crippen LogP contribution >= 0.6 is 24.8 Å². The zero-order valence-electron chi connectivity index (χ0n) is 19.3. The maximum Gasteiger partial charge on any atom is 0.387 e. The molecule has 1 saturated heterocycles. The number of nitrogens with one attached hydrogen (secondary N) is 1. The smallest absolute Gasteiger partial charge is 0.387 e. The molecule has 1 aromatic heterocycles. The van der Waals surface area contributed by atoms with Gasteiger partial charge in [0.2, 0.25) is 5.89 Å². The SMILES string of the molecule is C[C@H](N)c1oc(-c2ccc(OC(F)F)c(OCC3CC3)c2)nc1C(=O)N1CCNCC1C(=O)O.Cl.Cl. The largest absolute Gasteiger partial charge is 0.489 e. The first-order chi connectivity index (χ1) is 16.2. The lowest BCUT2D eigenvalue weighted by Gasteiger charge is -2.33. The van der Waals surface area contributed by atoms with E-state index in [4.69, 9.17) is 14.9 Å². The second-order valence-corrected chi connectivity index (χ2v) is 8.37. The summed E-state index contributed by atoms with van der Waals surface area (Å²) in [6.45, 7) is -0.339. The highest BCUT2D eigenvalue weighted by Gasteiger charge is 2.36. The molecule has 0 radical (unpaired) electrons. The average Bonchev–Trinajstić information content (AvgIpc) is 3.52. The summed E-state index contributed by atoms with van der Waals surface area (Å²) in [5.74, 6) is -1.28. The topological polar surface area (TPSA) is 140 Å². The summed E-state index contributed by atoms with van der Waals surface area (Å²) in [6, 6.07) is 2.46. The van der Waals surface area contributed by atoms with E-state index in [2.05, 4.69) is 15.0 Å². The summed E-state index contributed by atoms with van der Waals surface area (Å²) in [5.41, 5.74) is 6.28. The van der Waals surface area contributed by atoms with E-state index in [1.807, 2.05) is 0 Å². The molecule has 14 heteroatoms.